The summed E-state index contributed by atoms with van der Waals surface area (Å²) in [6.07, 6.45) is 3.39. The second-order valence-electron chi connectivity index (χ2n) is 7.47. The molecule has 1 aliphatic carbocycles. The molecule has 0 spiro atoms. The van der Waals surface area contributed by atoms with Gasteiger partial charge in [0, 0.05) is 46.0 Å². The third kappa shape index (κ3) is 4.90. The van der Waals surface area contributed by atoms with E-state index in [9.17, 15) is 9.59 Å². The Balaban J connectivity index is 1.51. The van der Waals surface area contributed by atoms with Crippen LogP contribution < -0.4 is 5.32 Å². The quantitative estimate of drug-likeness (QED) is 0.277. The van der Waals surface area contributed by atoms with E-state index in [0.29, 0.717) is 31.9 Å². The van der Waals surface area contributed by atoms with Gasteiger partial charge in [0.15, 0.2) is 5.78 Å². The molecule has 32 heavy (non-hydrogen) atoms. The van der Waals surface area contributed by atoms with Crippen molar-refractivity contribution in [3.8, 4) is 0 Å². The summed E-state index contributed by atoms with van der Waals surface area (Å²) >= 11 is 31.2. The zero-order valence-electron chi connectivity index (χ0n) is 16.3. The molecule has 2 aromatic carbocycles. The standard InChI is InChI=1S/C23H15Cl5N2O2/c24-14-8-13(9-15(25)10-14)20-21(23(20,27)28)22(32)30-16-1-2-18(26)17(11-16)19(31)7-12-3-5-29-6-4-12/h1-6,8-11,20-21H,7H2,(H,30,32). The summed E-state index contributed by atoms with van der Waals surface area (Å²) in [5.41, 5.74) is 2.21. The fourth-order valence-corrected chi connectivity index (χ4v) is 5.23. The zero-order valence-corrected chi connectivity index (χ0v) is 20.1. The number of pyridine rings is 1. The molecule has 0 aliphatic heterocycles. The predicted molar refractivity (Wildman–Crippen MR) is 129 cm³/mol. The van der Waals surface area contributed by atoms with Crippen molar-refractivity contribution in [2.45, 2.75) is 16.7 Å². The van der Waals surface area contributed by atoms with E-state index in [0.717, 1.165) is 5.56 Å². The van der Waals surface area contributed by atoms with E-state index in [-0.39, 0.29) is 18.1 Å². The second-order valence-corrected chi connectivity index (χ2v) is 10.2. The van der Waals surface area contributed by atoms with Crippen LogP contribution in [0.1, 0.15) is 27.4 Å². The number of ketones is 1. The van der Waals surface area contributed by atoms with Gasteiger partial charge in [-0.2, -0.15) is 0 Å². The monoisotopic (exact) mass is 526 g/mol. The van der Waals surface area contributed by atoms with Crippen LogP contribution in [0.15, 0.2) is 60.9 Å². The molecule has 1 fully saturated rings. The molecule has 3 aromatic rings. The summed E-state index contributed by atoms with van der Waals surface area (Å²) in [7, 11) is 0. The van der Waals surface area contributed by atoms with Gasteiger partial charge in [-0.15, -0.1) is 23.2 Å². The lowest BCUT2D eigenvalue weighted by Crippen LogP contribution is -2.17. The molecule has 1 saturated carbocycles. The van der Waals surface area contributed by atoms with E-state index in [4.69, 9.17) is 58.0 Å². The molecule has 164 valence electrons. The van der Waals surface area contributed by atoms with E-state index in [1.807, 2.05) is 0 Å². The van der Waals surface area contributed by atoms with Crippen molar-refractivity contribution in [2.24, 2.45) is 5.92 Å². The molecular weight excluding hydrogens is 514 g/mol. The molecule has 1 heterocycles. The van der Waals surface area contributed by atoms with Gasteiger partial charge in [-0.3, -0.25) is 14.6 Å². The van der Waals surface area contributed by atoms with Crippen molar-refractivity contribution < 1.29 is 9.59 Å². The van der Waals surface area contributed by atoms with Crippen LogP contribution in [-0.2, 0) is 11.2 Å². The topological polar surface area (TPSA) is 59.1 Å². The molecule has 1 amide bonds. The molecule has 0 bridgehead atoms. The van der Waals surface area contributed by atoms with Crippen LogP contribution in [-0.4, -0.2) is 21.0 Å². The van der Waals surface area contributed by atoms with Crippen LogP contribution in [0.3, 0.4) is 0 Å². The normalized spacial score (nSPS) is 18.8. The molecule has 9 heteroatoms. The first-order chi connectivity index (χ1) is 15.2. The summed E-state index contributed by atoms with van der Waals surface area (Å²) in [6, 6.07) is 13.2. The summed E-state index contributed by atoms with van der Waals surface area (Å²) < 4.78 is -1.30. The van der Waals surface area contributed by atoms with E-state index in [2.05, 4.69) is 10.3 Å². The second kappa shape index (κ2) is 9.20. The number of hydrogen-bond donors (Lipinski definition) is 1. The van der Waals surface area contributed by atoms with Gasteiger partial charge in [-0.1, -0.05) is 34.8 Å². The van der Waals surface area contributed by atoms with Gasteiger partial charge in [-0.05, 0) is 59.7 Å². The number of alkyl halides is 2. The molecule has 1 aliphatic rings. The average Bonchev–Trinajstić information content (AvgIpc) is 3.31. The van der Waals surface area contributed by atoms with Crippen molar-refractivity contribution in [1.82, 2.24) is 4.98 Å². The SMILES string of the molecule is O=C(Cc1ccncc1)c1cc(NC(=O)C2C(c3cc(Cl)cc(Cl)c3)C2(Cl)Cl)ccc1Cl. The lowest BCUT2D eigenvalue weighted by atomic mass is 10.0. The molecule has 2 atom stereocenters. The highest BCUT2D eigenvalue weighted by atomic mass is 35.5. The molecule has 0 radical (unpaired) electrons. The van der Waals surface area contributed by atoms with Gasteiger partial charge in [0.2, 0.25) is 5.91 Å². The Hall–Kier alpha value is -1.82. The molecule has 1 N–H and O–H groups in total. The molecule has 4 rings (SSSR count). The Labute approximate surface area is 209 Å². The predicted octanol–water partition coefficient (Wildman–Crippen LogP) is 6.99. The number of carbonyl (C=O) groups is 2. The fourth-order valence-electron chi connectivity index (χ4n) is 3.64. The number of nitrogens with one attached hydrogen (secondary N) is 1. The van der Waals surface area contributed by atoms with Crippen molar-refractivity contribution in [3.05, 3.63) is 92.7 Å². The molecule has 2 unspecified atom stereocenters. The average molecular weight is 529 g/mol. The Morgan fingerprint density at radius 1 is 0.938 bits per heavy atom. The Morgan fingerprint density at radius 3 is 2.25 bits per heavy atom. The maximum Gasteiger partial charge on any atom is 0.231 e. The summed E-state index contributed by atoms with van der Waals surface area (Å²) in [5, 5.41) is 3.93. The Bertz CT molecular complexity index is 1180. The number of rotatable bonds is 6. The summed E-state index contributed by atoms with van der Waals surface area (Å²) in [6.45, 7) is 0. The van der Waals surface area contributed by atoms with E-state index < -0.39 is 16.2 Å². The lowest BCUT2D eigenvalue weighted by Gasteiger charge is -2.09. The third-order valence-electron chi connectivity index (χ3n) is 5.23. The van der Waals surface area contributed by atoms with Crippen molar-refractivity contribution >= 4 is 75.4 Å². The molecule has 1 aromatic heterocycles. The van der Waals surface area contributed by atoms with Crippen LogP contribution in [0.4, 0.5) is 5.69 Å². The highest BCUT2D eigenvalue weighted by molar-refractivity contribution is 6.53. The minimum Gasteiger partial charge on any atom is -0.326 e. The van der Waals surface area contributed by atoms with E-state index in [1.54, 1.807) is 60.9 Å². The maximum atomic E-state index is 12.9. The molecular formula is C23H15Cl5N2O2. The van der Waals surface area contributed by atoms with E-state index >= 15 is 0 Å². The van der Waals surface area contributed by atoms with Crippen LogP contribution in [0.2, 0.25) is 15.1 Å². The number of benzene rings is 2. The third-order valence-corrected chi connectivity index (χ3v) is 6.93. The largest absolute Gasteiger partial charge is 0.326 e. The Morgan fingerprint density at radius 2 is 1.59 bits per heavy atom. The number of carbonyl (C=O) groups excluding carboxylic acids is 2. The maximum absolute atomic E-state index is 12.9. The number of nitrogens with zero attached hydrogens (tertiary/aromatic N) is 1. The minimum absolute atomic E-state index is 0.159. The smallest absolute Gasteiger partial charge is 0.231 e. The molecule has 0 saturated heterocycles. The first kappa shape index (κ1) is 23.3. The van der Waals surface area contributed by atoms with E-state index in [1.165, 1.54) is 0 Å². The van der Waals surface area contributed by atoms with Crippen molar-refractivity contribution in [3.63, 3.8) is 0 Å². The number of anilines is 1. The lowest BCUT2D eigenvalue weighted by molar-refractivity contribution is -0.117. The minimum atomic E-state index is -1.30. The highest BCUT2D eigenvalue weighted by Gasteiger charge is 2.67. The summed E-state index contributed by atoms with van der Waals surface area (Å²) in [5.74, 6) is -1.75. The number of Topliss-reactive ketones (excluding diaryl/α,β-unsaturated/α-hetero) is 1. The van der Waals surface area contributed by atoms with Gasteiger partial charge in [0.25, 0.3) is 0 Å². The van der Waals surface area contributed by atoms with Gasteiger partial charge < -0.3 is 5.32 Å². The summed E-state index contributed by atoms with van der Waals surface area (Å²) in [4.78, 5) is 29.6. The first-order valence-electron chi connectivity index (χ1n) is 9.53. The van der Waals surface area contributed by atoms with Gasteiger partial charge >= 0.3 is 0 Å². The molecule has 4 nitrogen and oxygen atoms in total. The van der Waals surface area contributed by atoms with Crippen LogP contribution in [0, 0.1) is 5.92 Å². The van der Waals surface area contributed by atoms with Gasteiger partial charge in [-0.25, -0.2) is 0 Å². The number of halogens is 5. The number of amides is 1. The van der Waals surface area contributed by atoms with Gasteiger partial charge in [0.1, 0.15) is 4.33 Å². The van der Waals surface area contributed by atoms with Crippen LogP contribution >= 0.6 is 58.0 Å². The Kier molecular flexibility index (Phi) is 6.71. The highest BCUT2D eigenvalue weighted by Crippen LogP contribution is 2.65. The number of aromatic nitrogens is 1. The number of hydrogen-bond acceptors (Lipinski definition) is 3. The zero-order chi connectivity index (χ0) is 23.0. The van der Waals surface area contributed by atoms with Crippen molar-refractivity contribution in [1.29, 1.82) is 0 Å². The van der Waals surface area contributed by atoms with Crippen molar-refractivity contribution in [2.75, 3.05) is 5.32 Å². The first-order valence-corrected chi connectivity index (χ1v) is 11.4. The fraction of sp³-hybridized carbons (Fsp3) is 0.174. The van der Waals surface area contributed by atoms with Crippen LogP contribution in [0.25, 0.3) is 0 Å². The van der Waals surface area contributed by atoms with Gasteiger partial charge in [0.05, 0.1) is 10.9 Å². The van der Waals surface area contributed by atoms with Crippen LogP contribution in [0.5, 0.6) is 0 Å².